The quantitative estimate of drug-likeness (QED) is 0.523. The van der Waals surface area contributed by atoms with Crippen LogP contribution in [0, 0.1) is 5.92 Å². The van der Waals surface area contributed by atoms with Gasteiger partial charge in [0.1, 0.15) is 0 Å². The Morgan fingerprint density at radius 3 is 2.09 bits per heavy atom. The van der Waals surface area contributed by atoms with Crippen LogP contribution >= 0.6 is 0 Å². The molecule has 0 aliphatic heterocycles. The van der Waals surface area contributed by atoms with Crippen LogP contribution in [0.4, 0.5) is 0 Å². The van der Waals surface area contributed by atoms with E-state index in [9.17, 15) is 0 Å². The minimum Gasteiger partial charge on any atom is -0.0999 e. The first-order chi connectivity index (χ1) is 5.11. The lowest BCUT2D eigenvalue weighted by Crippen LogP contribution is -2.00. The first-order valence-corrected chi connectivity index (χ1v) is 4.43. The van der Waals surface area contributed by atoms with Crippen molar-refractivity contribution in [2.24, 2.45) is 5.92 Å². The molecule has 0 aliphatic rings. The molecule has 0 amide bonds. The molecule has 0 rings (SSSR count). The van der Waals surface area contributed by atoms with Crippen LogP contribution in [0.1, 0.15) is 40.0 Å². The maximum absolute atomic E-state index is 4.00. The van der Waals surface area contributed by atoms with Crippen LogP contribution in [-0.2, 0) is 0 Å². The summed E-state index contributed by atoms with van der Waals surface area (Å²) in [6.07, 6.45) is 3.42. The maximum atomic E-state index is 4.00. The van der Waals surface area contributed by atoms with E-state index in [1.165, 1.54) is 17.6 Å². The Morgan fingerprint density at radius 1 is 1.27 bits per heavy atom. The van der Waals surface area contributed by atoms with Crippen molar-refractivity contribution >= 4 is 0 Å². The summed E-state index contributed by atoms with van der Waals surface area (Å²) in [5, 5.41) is 0. The monoisotopic (exact) mass is 152 g/mol. The highest BCUT2D eigenvalue weighted by molar-refractivity contribution is 5.04. The Kier molecular flexibility index (Phi) is 4.93. The lowest BCUT2D eigenvalue weighted by atomic mass is 9.91. The predicted octanol–water partition coefficient (Wildman–Crippen LogP) is 3.95. The fraction of sp³-hybridized carbons (Fsp3) is 0.636. The average molecular weight is 152 g/mol. The highest BCUT2D eigenvalue weighted by Crippen LogP contribution is 2.21. The van der Waals surface area contributed by atoms with E-state index in [0.717, 1.165) is 12.8 Å². The molecular formula is C11H20. The molecule has 0 heteroatoms. The molecule has 0 N–H and O–H groups in total. The Balaban J connectivity index is 3.88. The van der Waals surface area contributed by atoms with Gasteiger partial charge in [0.15, 0.2) is 0 Å². The van der Waals surface area contributed by atoms with E-state index in [4.69, 9.17) is 0 Å². The summed E-state index contributed by atoms with van der Waals surface area (Å²) in [6.45, 7) is 14.5. The van der Waals surface area contributed by atoms with Crippen LogP contribution in [-0.4, -0.2) is 0 Å². The van der Waals surface area contributed by atoms with Gasteiger partial charge in [0, 0.05) is 0 Å². The third-order valence-electron chi connectivity index (χ3n) is 2.22. The van der Waals surface area contributed by atoms with Gasteiger partial charge in [0.2, 0.25) is 0 Å². The van der Waals surface area contributed by atoms with Crippen LogP contribution < -0.4 is 0 Å². The fourth-order valence-corrected chi connectivity index (χ4v) is 1.16. The van der Waals surface area contributed by atoms with Gasteiger partial charge in [-0.3, -0.25) is 0 Å². The zero-order valence-electron chi connectivity index (χ0n) is 8.11. The molecule has 0 aromatic heterocycles. The molecule has 64 valence electrons. The van der Waals surface area contributed by atoms with Gasteiger partial charge in [-0.15, -0.1) is 0 Å². The normalized spacial score (nSPS) is 12.6. The fourth-order valence-electron chi connectivity index (χ4n) is 1.16. The van der Waals surface area contributed by atoms with E-state index in [1.807, 2.05) is 0 Å². The van der Waals surface area contributed by atoms with Crippen molar-refractivity contribution in [3.8, 4) is 0 Å². The molecule has 0 aliphatic carbocycles. The molecule has 1 atom stereocenters. The molecule has 0 saturated carbocycles. The van der Waals surface area contributed by atoms with E-state index in [0.29, 0.717) is 5.92 Å². The molecule has 0 saturated heterocycles. The van der Waals surface area contributed by atoms with Crippen LogP contribution in [0.5, 0.6) is 0 Å². The first-order valence-electron chi connectivity index (χ1n) is 4.43. The van der Waals surface area contributed by atoms with Gasteiger partial charge in [-0.25, -0.2) is 0 Å². The van der Waals surface area contributed by atoms with Crippen molar-refractivity contribution in [2.75, 3.05) is 0 Å². The summed E-state index contributed by atoms with van der Waals surface area (Å²) in [7, 11) is 0. The largest absolute Gasteiger partial charge is 0.0999 e. The lowest BCUT2D eigenvalue weighted by Gasteiger charge is -2.15. The number of hydrogen-bond donors (Lipinski definition) is 0. The van der Waals surface area contributed by atoms with Gasteiger partial charge in [-0.05, 0) is 32.1 Å². The van der Waals surface area contributed by atoms with Crippen molar-refractivity contribution < 1.29 is 0 Å². The molecule has 0 radical (unpaired) electrons. The molecule has 0 aromatic rings. The topological polar surface area (TPSA) is 0 Å². The minimum absolute atomic E-state index is 0.655. The van der Waals surface area contributed by atoms with Gasteiger partial charge < -0.3 is 0 Å². The molecule has 1 unspecified atom stereocenters. The third-order valence-corrected chi connectivity index (χ3v) is 2.22. The minimum atomic E-state index is 0.655. The van der Waals surface area contributed by atoms with E-state index in [2.05, 4.69) is 33.9 Å². The van der Waals surface area contributed by atoms with E-state index >= 15 is 0 Å². The molecule has 0 bridgehead atoms. The molecule has 0 nitrogen and oxygen atoms in total. The van der Waals surface area contributed by atoms with E-state index < -0.39 is 0 Å². The van der Waals surface area contributed by atoms with Gasteiger partial charge >= 0.3 is 0 Å². The first kappa shape index (κ1) is 10.5. The summed E-state index contributed by atoms with van der Waals surface area (Å²) < 4.78 is 0. The molecule has 11 heavy (non-hydrogen) atoms. The second-order valence-corrected chi connectivity index (χ2v) is 3.26. The lowest BCUT2D eigenvalue weighted by molar-refractivity contribution is 0.580. The predicted molar refractivity (Wildman–Crippen MR) is 52.6 cm³/mol. The molecule has 0 aromatic carbocycles. The zero-order valence-corrected chi connectivity index (χ0v) is 8.11. The smallest absolute Gasteiger partial charge is 0.0174 e. The van der Waals surface area contributed by atoms with Gasteiger partial charge in [0.25, 0.3) is 0 Å². The van der Waals surface area contributed by atoms with Crippen LogP contribution in [0.25, 0.3) is 0 Å². The maximum Gasteiger partial charge on any atom is -0.0174 e. The average Bonchev–Trinajstić information content (AvgIpc) is 1.99. The van der Waals surface area contributed by atoms with Crippen molar-refractivity contribution in [1.82, 2.24) is 0 Å². The van der Waals surface area contributed by atoms with Crippen molar-refractivity contribution in [3.05, 3.63) is 24.3 Å². The molecule has 0 heterocycles. The highest BCUT2D eigenvalue weighted by atomic mass is 14.1. The Labute approximate surface area is 71.0 Å². The SMILES string of the molecule is C=C(CC)CC(CC)C(=C)C. The van der Waals surface area contributed by atoms with E-state index in [-0.39, 0.29) is 0 Å². The standard InChI is InChI=1S/C11H20/c1-6-10(5)8-11(7-2)9(3)4/h11H,3,5-8H2,1-2,4H3. The van der Waals surface area contributed by atoms with Crippen LogP contribution in [0.15, 0.2) is 24.3 Å². The Bertz CT molecular complexity index is 142. The molecule has 0 spiro atoms. The van der Waals surface area contributed by atoms with Crippen molar-refractivity contribution in [1.29, 1.82) is 0 Å². The number of rotatable bonds is 5. The highest BCUT2D eigenvalue weighted by Gasteiger charge is 2.06. The summed E-state index contributed by atoms with van der Waals surface area (Å²) in [5.41, 5.74) is 2.64. The number of allylic oxidation sites excluding steroid dienone is 2. The van der Waals surface area contributed by atoms with Gasteiger partial charge in [-0.2, -0.15) is 0 Å². The Hall–Kier alpha value is -0.520. The summed E-state index contributed by atoms with van der Waals surface area (Å²) in [5.74, 6) is 0.655. The summed E-state index contributed by atoms with van der Waals surface area (Å²) in [4.78, 5) is 0. The molecule has 0 fully saturated rings. The Morgan fingerprint density at radius 2 is 1.82 bits per heavy atom. The van der Waals surface area contributed by atoms with Crippen molar-refractivity contribution in [3.63, 3.8) is 0 Å². The van der Waals surface area contributed by atoms with Crippen LogP contribution in [0.2, 0.25) is 0 Å². The number of hydrogen-bond acceptors (Lipinski definition) is 0. The van der Waals surface area contributed by atoms with Gasteiger partial charge in [-0.1, -0.05) is 38.2 Å². The van der Waals surface area contributed by atoms with Gasteiger partial charge in [0.05, 0.1) is 0 Å². The van der Waals surface area contributed by atoms with E-state index in [1.54, 1.807) is 0 Å². The summed E-state index contributed by atoms with van der Waals surface area (Å²) >= 11 is 0. The third kappa shape index (κ3) is 4.02. The second kappa shape index (κ2) is 5.17. The zero-order chi connectivity index (χ0) is 8.85. The van der Waals surface area contributed by atoms with Crippen LogP contribution in [0.3, 0.4) is 0 Å². The molecular weight excluding hydrogens is 132 g/mol. The summed E-state index contributed by atoms with van der Waals surface area (Å²) in [6, 6.07) is 0. The van der Waals surface area contributed by atoms with Crippen molar-refractivity contribution in [2.45, 2.75) is 40.0 Å². The second-order valence-electron chi connectivity index (χ2n) is 3.26.